The Morgan fingerprint density at radius 1 is 0.362 bits per heavy atom. The summed E-state index contributed by atoms with van der Waals surface area (Å²) in [5, 5.41) is 9.01. The van der Waals surface area contributed by atoms with Gasteiger partial charge in [-0.2, -0.15) is 0 Å². The monoisotopic (exact) mass is 601 g/mol. The van der Waals surface area contributed by atoms with E-state index < -0.39 is 0 Å². The predicted molar refractivity (Wildman–Crippen MR) is 196 cm³/mol. The van der Waals surface area contributed by atoms with Crippen LogP contribution >= 0.6 is 0 Å². The third-order valence-corrected chi connectivity index (χ3v) is 9.44. The molecule has 0 radical (unpaired) electrons. The van der Waals surface area contributed by atoms with Gasteiger partial charge in [0.1, 0.15) is 22.3 Å². The van der Waals surface area contributed by atoms with E-state index >= 15 is 0 Å². The van der Waals surface area contributed by atoms with E-state index in [9.17, 15) is 0 Å². The zero-order chi connectivity index (χ0) is 30.9. The molecular formula is C44H27NO2. The Morgan fingerprint density at radius 3 is 1.85 bits per heavy atom. The molecule has 10 aromatic rings. The van der Waals surface area contributed by atoms with E-state index in [1.54, 1.807) is 0 Å². The summed E-state index contributed by atoms with van der Waals surface area (Å²) in [5.41, 5.74) is 9.04. The first-order valence-electron chi connectivity index (χ1n) is 15.9. The first-order valence-corrected chi connectivity index (χ1v) is 15.9. The molecule has 2 aromatic heterocycles. The summed E-state index contributed by atoms with van der Waals surface area (Å²) in [6.45, 7) is 0. The molecule has 3 heteroatoms. The van der Waals surface area contributed by atoms with Gasteiger partial charge in [-0.3, -0.25) is 0 Å². The number of nitrogens with zero attached hydrogens (tertiary/aromatic N) is 1. The number of benzene rings is 8. The van der Waals surface area contributed by atoms with Crippen LogP contribution in [-0.2, 0) is 0 Å². The summed E-state index contributed by atoms with van der Waals surface area (Å²) >= 11 is 0. The van der Waals surface area contributed by atoms with E-state index in [-0.39, 0.29) is 0 Å². The second-order valence-corrected chi connectivity index (χ2v) is 12.1. The van der Waals surface area contributed by atoms with E-state index in [2.05, 4.69) is 169 Å². The van der Waals surface area contributed by atoms with Crippen molar-refractivity contribution in [2.45, 2.75) is 0 Å². The number of fused-ring (bicyclic) bond motifs is 10. The van der Waals surface area contributed by atoms with Crippen molar-refractivity contribution >= 4 is 82.5 Å². The molecule has 0 aliphatic rings. The molecule has 0 aliphatic carbocycles. The van der Waals surface area contributed by atoms with Crippen LogP contribution in [0.25, 0.3) is 76.5 Å². The van der Waals surface area contributed by atoms with Crippen molar-refractivity contribution in [1.29, 1.82) is 0 Å². The van der Waals surface area contributed by atoms with Gasteiger partial charge in [-0.25, -0.2) is 0 Å². The van der Waals surface area contributed by atoms with Gasteiger partial charge in [-0.15, -0.1) is 0 Å². The first kappa shape index (κ1) is 26.0. The van der Waals surface area contributed by atoms with Gasteiger partial charge in [0.05, 0.1) is 5.39 Å². The lowest BCUT2D eigenvalue weighted by Crippen LogP contribution is -2.09. The van der Waals surface area contributed by atoms with Crippen LogP contribution in [0.2, 0.25) is 0 Å². The highest BCUT2D eigenvalue weighted by molar-refractivity contribution is 6.24. The van der Waals surface area contributed by atoms with Crippen LogP contribution in [0.4, 0.5) is 17.1 Å². The van der Waals surface area contributed by atoms with Crippen molar-refractivity contribution in [2.24, 2.45) is 0 Å². The van der Waals surface area contributed by atoms with E-state index in [0.29, 0.717) is 0 Å². The zero-order valence-corrected chi connectivity index (χ0v) is 25.4. The minimum absolute atomic E-state index is 0.818. The number of rotatable bonds is 4. The van der Waals surface area contributed by atoms with Gasteiger partial charge in [0.2, 0.25) is 0 Å². The lowest BCUT2D eigenvalue weighted by molar-refractivity contribution is 0.664. The molecule has 0 unspecified atom stereocenters. The summed E-state index contributed by atoms with van der Waals surface area (Å²) in [6.07, 6.45) is 0. The van der Waals surface area contributed by atoms with Crippen LogP contribution in [0.5, 0.6) is 0 Å². The van der Waals surface area contributed by atoms with Gasteiger partial charge in [-0.1, -0.05) is 103 Å². The van der Waals surface area contributed by atoms with E-state index in [1.165, 1.54) is 27.3 Å². The Hall–Kier alpha value is -6.32. The van der Waals surface area contributed by atoms with Crippen LogP contribution in [0.1, 0.15) is 0 Å². The van der Waals surface area contributed by atoms with Gasteiger partial charge in [0, 0.05) is 38.6 Å². The fourth-order valence-corrected chi connectivity index (χ4v) is 7.24. The predicted octanol–water partition coefficient (Wildman–Crippen LogP) is 12.9. The molecule has 0 fully saturated rings. The molecule has 0 spiro atoms. The van der Waals surface area contributed by atoms with E-state index in [1.807, 2.05) is 0 Å². The molecule has 220 valence electrons. The highest BCUT2D eigenvalue weighted by Crippen LogP contribution is 2.44. The number of hydrogen-bond acceptors (Lipinski definition) is 3. The standard InChI is InChI=1S/C44H27NO2/c1-2-12-31(13-3-1)45(32-20-17-30(18-21-32)35-16-8-11-28-9-4-6-14-34(28)35)33-22-25-40-39(27-33)42-41(46-40)26-24-38-37-23-19-29-10-5-7-15-36(29)43(37)47-44(38)42/h1-27H. The van der Waals surface area contributed by atoms with Gasteiger partial charge < -0.3 is 13.7 Å². The lowest BCUT2D eigenvalue weighted by Gasteiger charge is -2.25. The van der Waals surface area contributed by atoms with Crippen LogP contribution < -0.4 is 4.90 Å². The molecule has 0 aliphatic heterocycles. The quantitative estimate of drug-likeness (QED) is 0.201. The molecular weight excluding hydrogens is 574 g/mol. The van der Waals surface area contributed by atoms with Crippen molar-refractivity contribution in [2.75, 3.05) is 4.90 Å². The fraction of sp³-hybridized carbons (Fsp3) is 0. The number of furan rings is 2. The van der Waals surface area contributed by atoms with Gasteiger partial charge in [0.25, 0.3) is 0 Å². The zero-order valence-electron chi connectivity index (χ0n) is 25.4. The van der Waals surface area contributed by atoms with Gasteiger partial charge >= 0.3 is 0 Å². The maximum atomic E-state index is 6.73. The Kier molecular flexibility index (Phi) is 5.57. The average Bonchev–Trinajstić information content (AvgIpc) is 3.71. The summed E-state index contributed by atoms with van der Waals surface area (Å²) in [5.74, 6) is 0. The first-order chi connectivity index (χ1) is 23.3. The number of hydrogen-bond donors (Lipinski definition) is 0. The largest absolute Gasteiger partial charge is 0.456 e. The van der Waals surface area contributed by atoms with Crippen LogP contribution in [0, 0.1) is 0 Å². The second-order valence-electron chi connectivity index (χ2n) is 12.1. The summed E-state index contributed by atoms with van der Waals surface area (Å²) < 4.78 is 13.1. The highest BCUT2D eigenvalue weighted by Gasteiger charge is 2.20. The maximum Gasteiger partial charge on any atom is 0.147 e. The third kappa shape index (κ3) is 4.00. The number of anilines is 3. The Labute approximate surface area is 270 Å². The molecule has 3 nitrogen and oxygen atoms in total. The van der Waals surface area contributed by atoms with Crippen LogP contribution in [0.3, 0.4) is 0 Å². The topological polar surface area (TPSA) is 29.5 Å². The highest BCUT2D eigenvalue weighted by atomic mass is 16.3. The van der Waals surface area contributed by atoms with Gasteiger partial charge in [0.15, 0.2) is 0 Å². The molecule has 10 rings (SSSR count). The molecule has 0 saturated heterocycles. The molecule has 0 N–H and O–H groups in total. The van der Waals surface area contributed by atoms with Crippen LogP contribution in [-0.4, -0.2) is 0 Å². The average molecular weight is 602 g/mol. The lowest BCUT2D eigenvalue weighted by atomic mass is 9.98. The molecule has 0 bridgehead atoms. The van der Waals surface area contributed by atoms with Crippen LogP contribution in [0.15, 0.2) is 173 Å². The van der Waals surface area contributed by atoms with Crippen molar-refractivity contribution in [3.05, 3.63) is 164 Å². The summed E-state index contributed by atoms with van der Waals surface area (Å²) in [4.78, 5) is 2.30. The molecule has 0 amide bonds. The van der Waals surface area contributed by atoms with Crippen molar-refractivity contribution in [3.8, 4) is 11.1 Å². The normalized spacial score (nSPS) is 11.8. The molecule has 0 atom stereocenters. The van der Waals surface area contributed by atoms with Crippen molar-refractivity contribution in [1.82, 2.24) is 0 Å². The fourth-order valence-electron chi connectivity index (χ4n) is 7.24. The van der Waals surface area contributed by atoms with Crippen molar-refractivity contribution in [3.63, 3.8) is 0 Å². The van der Waals surface area contributed by atoms with E-state index in [4.69, 9.17) is 8.83 Å². The Bertz CT molecular complexity index is 2780. The summed E-state index contributed by atoms with van der Waals surface area (Å²) in [7, 11) is 0. The smallest absolute Gasteiger partial charge is 0.147 e. The summed E-state index contributed by atoms with van der Waals surface area (Å²) in [6, 6.07) is 57.8. The molecule has 47 heavy (non-hydrogen) atoms. The number of para-hydroxylation sites is 1. The van der Waals surface area contributed by atoms with Gasteiger partial charge in [-0.05, 0) is 87.9 Å². The van der Waals surface area contributed by atoms with Crippen molar-refractivity contribution < 1.29 is 8.83 Å². The molecule has 0 saturated carbocycles. The maximum absolute atomic E-state index is 6.73. The Morgan fingerprint density at radius 2 is 1.00 bits per heavy atom. The minimum Gasteiger partial charge on any atom is -0.456 e. The van der Waals surface area contributed by atoms with E-state index in [0.717, 1.165) is 66.3 Å². The second kappa shape index (κ2) is 10.1. The third-order valence-electron chi connectivity index (χ3n) is 9.44. The molecule has 8 aromatic carbocycles. The molecule has 2 heterocycles. The SMILES string of the molecule is c1ccc(N(c2ccc(-c3cccc4ccccc34)cc2)c2ccc3oc4ccc5c6ccc7ccccc7c6oc5c4c3c2)cc1. The Balaban J connectivity index is 1.16. The minimum atomic E-state index is 0.818.